The van der Waals surface area contributed by atoms with Gasteiger partial charge in [-0.25, -0.2) is 0 Å². The fraction of sp³-hybridized carbons (Fsp3) is 0.677. The normalized spacial score (nSPS) is 44.6. The number of likely N-dealkylation sites (N-methyl/N-ethyl adjacent to an activating group) is 1. The number of aldehydes is 1. The molecular weight excluding hydrogens is 466 g/mol. The third-order valence-corrected chi connectivity index (χ3v) is 11.1. The summed E-state index contributed by atoms with van der Waals surface area (Å²) < 4.78 is 13.1. The van der Waals surface area contributed by atoms with Gasteiger partial charge in [0.15, 0.2) is 6.29 Å². The van der Waals surface area contributed by atoms with Crippen LogP contribution in [0.25, 0.3) is 0 Å². The van der Waals surface area contributed by atoms with E-state index in [9.17, 15) is 14.7 Å². The molecular formula is C31H41NO5. The molecule has 37 heavy (non-hydrogen) atoms. The Labute approximate surface area is 220 Å². The monoisotopic (exact) mass is 507 g/mol. The van der Waals surface area contributed by atoms with Crippen molar-refractivity contribution in [3.63, 3.8) is 0 Å². The van der Waals surface area contributed by atoms with Crippen LogP contribution in [0, 0.1) is 45.8 Å². The first-order chi connectivity index (χ1) is 17.7. The van der Waals surface area contributed by atoms with Gasteiger partial charge < -0.3 is 19.4 Å². The van der Waals surface area contributed by atoms with Crippen molar-refractivity contribution in [1.82, 2.24) is 4.90 Å². The van der Waals surface area contributed by atoms with E-state index in [1.54, 1.807) is 0 Å². The fourth-order valence-corrected chi connectivity index (χ4v) is 9.70. The minimum Gasteiger partial charge on any atom is -0.481 e. The van der Waals surface area contributed by atoms with Crippen LogP contribution in [0.3, 0.4) is 0 Å². The maximum Gasteiger partial charge on any atom is 0.315 e. The number of allylic oxidation sites excluding steroid dienone is 1. The quantitative estimate of drug-likeness (QED) is 0.415. The molecule has 3 saturated carbocycles. The molecule has 4 aliphatic carbocycles. The molecule has 0 aromatic heterocycles. The van der Waals surface area contributed by atoms with Crippen LogP contribution >= 0.6 is 0 Å². The van der Waals surface area contributed by atoms with E-state index in [4.69, 9.17) is 9.47 Å². The van der Waals surface area contributed by atoms with Crippen molar-refractivity contribution in [2.24, 2.45) is 45.8 Å². The third-order valence-electron chi connectivity index (χ3n) is 11.1. The van der Waals surface area contributed by atoms with Crippen molar-refractivity contribution >= 4 is 12.3 Å². The van der Waals surface area contributed by atoms with Gasteiger partial charge in [0.1, 0.15) is 11.7 Å². The number of fused-ring (bicyclic) bond motifs is 2. The summed E-state index contributed by atoms with van der Waals surface area (Å²) in [6, 6.07) is 10.2. The molecule has 9 atom stereocenters. The molecule has 8 unspecified atom stereocenters. The molecule has 4 bridgehead atoms. The maximum atomic E-state index is 13.6. The van der Waals surface area contributed by atoms with Gasteiger partial charge in [-0.05, 0) is 61.5 Å². The molecule has 1 aliphatic heterocycles. The molecule has 1 heterocycles. The number of rotatable bonds is 7. The molecule has 6 rings (SSSR count). The second-order valence-corrected chi connectivity index (χ2v) is 13.0. The Morgan fingerprint density at radius 1 is 1.22 bits per heavy atom. The second-order valence-electron chi connectivity index (χ2n) is 13.0. The maximum absolute atomic E-state index is 13.6. The first-order valence-electron chi connectivity index (χ1n) is 14.1. The number of benzene rings is 1. The van der Waals surface area contributed by atoms with E-state index < -0.39 is 28.5 Å². The molecule has 200 valence electrons. The molecule has 0 radical (unpaired) electrons. The van der Waals surface area contributed by atoms with Gasteiger partial charge in [-0.3, -0.25) is 9.69 Å². The van der Waals surface area contributed by atoms with Crippen LogP contribution in [0.15, 0.2) is 42.0 Å². The minimum absolute atomic E-state index is 0.0373. The summed E-state index contributed by atoms with van der Waals surface area (Å²) in [6.07, 6.45) is 6.22. The SMILES string of the molecule is CC(C)C1=CC2CC3(C=O)C4CCC(C)C4CC2(CO[C@H]2CN(C)CC(c4ccccc4)O2)C13C(=O)O. The van der Waals surface area contributed by atoms with Gasteiger partial charge >= 0.3 is 5.97 Å². The van der Waals surface area contributed by atoms with Gasteiger partial charge in [0.05, 0.1) is 18.1 Å². The van der Waals surface area contributed by atoms with Crippen LogP contribution < -0.4 is 0 Å². The van der Waals surface area contributed by atoms with Crippen molar-refractivity contribution in [2.45, 2.75) is 58.8 Å². The molecule has 1 aromatic carbocycles. The van der Waals surface area contributed by atoms with Gasteiger partial charge in [-0.1, -0.05) is 69.2 Å². The van der Waals surface area contributed by atoms with Crippen LogP contribution in [-0.4, -0.2) is 55.3 Å². The van der Waals surface area contributed by atoms with Gasteiger partial charge in [0.2, 0.25) is 0 Å². The number of carbonyl (C=O) groups excluding carboxylic acids is 1. The first kappa shape index (κ1) is 25.3. The molecule has 1 aromatic rings. The van der Waals surface area contributed by atoms with Crippen LogP contribution in [0.2, 0.25) is 0 Å². The molecule has 5 aliphatic rings. The van der Waals surface area contributed by atoms with Gasteiger partial charge in [-0.2, -0.15) is 0 Å². The zero-order chi connectivity index (χ0) is 26.2. The van der Waals surface area contributed by atoms with E-state index in [0.29, 0.717) is 31.4 Å². The summed E-state index contributed by atoms with van der Waals surface area (Å²) in [7, 11) is 2.08. The summed E-state index contributed by atoms with van der Waals surface area (Å²) in [5, 5.41) is 11.1. The number of aliphatic carboxylic acids is 1. The Hall–Kier alpha value is -2.02. The summed E-state index contributed by atoms with van der Waals surface area (Å²) in [6.45, 7) is 8.18. The lowest BCUT2D eigenvalue weighted by Gasteiger charge is -2.58. The van der Waals surface area contributed by atoms with Crippen LogP contribution in [0.1, 0.15) is 58.1 Å². The van der Waals surface area contributed by atoms with Crippen molar-refractivity contribution in [3.8, 4) is 0 Å². The first-order valence-corrected chi connectivity index (χ1v) is 14.1. The summed E-state index contributed by atoms with van der Waals surface area (Å²) in [4.78, 5) is 29.0. The fourth-order valence-electron chi connectivity index (χ4n) is 9.70. The Balaban J connectivity index is 1.37. The number of ether oxygens (including phenoxy) is 2. The molecule has 0 amide bonds. The van der Waals surface area contributed by atoms with Crippen molar-refractivity contribution in [3.05, 3.63) is 47.5 Å². The van der Waals surface area contributed by atoms with E-state index in [1.807, 2.05) is 18.2 Å². The smallest absolute Gasteiger partial charge is 0.315 e. The number of morpholine rings is 1. The average Bonchev–Trinajstić information content (AvgIpc) is 3.45. The average molecular weight is 508 g/mol. The van der Waals surface area contributed by atoms with Crippen LogP contribution in [0.5, 0.6) is 0 Å². The molecule has 0 spiro atoms. The van der Waals surface area contributed by atoms with Gasteiger partial charge in [0.25, 0.3) is 0 Å². The molecule has 1 saturated heterocycles. The lowest BCUT2D eigenvalue weighted by Crippen LogP contribution is -2.63. The highest BCUT2D eigenvalue weighted by molar-refractivity contribution is 5.90. The standard InChI is InChI=1S/C31H41NO5/c1-19(2)25-12-22-13-29(17-33)24-11-10-20(3)23(24)14-30(22,31(25,29)28(34)35)18-36-27-16-32(4)15-26(37-27)21-8-6-5-7-9-21/h5-9,12,17,19-20,22-24,26-27H,10-11,13-16,18H2,1-4H3,(H,34,35)/t20?,22?,23?,24?,26?,27-,29?,30?,31?/m1/s1. The van der Waals surface area contributed by atoms with E-state index >= 15 is 0 Å². The lowest BCUT2D eigenvalue weighted by molar-refractivity contribution is -0.238. The van der Waals surface area contributed by atoms with Gasteiger partial charge in [0, 0.05) is 18.5 Å². The number of hydrogen-bond acceptors (Lipinski definition) is 5. The molecule has 4 fully saturated rings. The third kappa shape index (κ3) is 3.21. The Morgan fingerprint density at radius 2 is 1.97 bits per heavy atom. The van der Waals surface area contributed by atoms with Crippen LogP contribution in [-0.2, 0) is 19.1 Å². The molecule has 6 nitrogen and oxygen atoms in total. The molecule has 6 heteroatoms. The number of carbonyl (C=O) groups is 2. The number of nitrogens with zero attached hydrogens (tertiary/aromatic N) is 1. The van der Waals surface area contributed by atoms with E-state index in [1.165, 1.54) is 0 Å². The minimum atomic E-state index is -1.20. The second kappa shape index (κ2) is 8.75. The Kier molecular flexibility index (Phi) is 5.98. The van der Waals surface area contributed by atoms with Crippen LogP contribution in [0.4, 0.5) is 0 Å². The van der Waals surface area contributed by atoms with E-state index in [2.05, 4.69) is 50.9 Å². The van der Waals surface area contributed by atoms with Crippen molar-refractivity contribution < 1.29 is 24.2 Å². The van der Waals surface area contributed by atoms with E-state index in [-0.39, 0.29) is 23.9 Å². The highest BCUT2D eigenvalue weighted by Gasteiger charge is 2.84. The van der Waals surface area contributed by atoms with Crippen molar-refractivity contribution in [2.75, 3.05) is 26.7 Å². The molecule has 1 N–H and O–H groups in total. The lowest BCUT2D eigenvalue weighted by atomic mass is 9.43. The number of carboxylic acids is 1. The largest absolute Gasteiger partial charge is 0.481 e. The zero-order valence-corrected chi connectivity index (χ0v) is 22.6. The highest BCUT2D eigenvalue weighted by atomic mass is 16.7. The number of hydrogen-bond donors (Lipinski definition) is 1. The summed E-state index contributed by atoms with van der Waals surface area (Å²) >= 11 is 0. The number of carboxylic acid groups (broad SMARTS) is 1. The summed E-state index contributed by atoms with van der Waals surface area (Å²) in [5.74, 6) is 0.263. The predicted molar refractivity (Wildman–Crippen MR) is 140 cm³/mol. The Bertz CT molecular complexity index is 1100. The summed E-state index contributed by atoms with van der Waals surface area (Å²) in [5.41, 5.74) is -0.612. The van der Waals surface area contributed by atoms with Crippen molar-refractivity contribution in [1.29, 1.82) is 0 Å². The van der Waals surface area contributed by atoms with Gasteiger partial charge in [-0.15, -0.1) is 0 Å². The highest BCUT2D eigenvalue weighted by Crippen LogP contribution is 2.82. The van der Waals surface area contributed by atoms with E-state index in [0.717, 1.165) is 43.2 Å². The topological polar surface area (TPSA) is 76.1 Å². The zero-order valence-electron chi connectivity index (χ0n) is 22.6. The Morgan fingerprint density at radius 3 is 2.65 bits per heavy atom. The predicted octanol–water partition coefficient (Wildman–Crippen LogP) is 4.96.